The molecule has 3 rings (SSSR count). The number of Topliss-reactive ketones (excluding diaryl/α,β-unsaturated/α-hetero) is 1. The fourth-order valence-corrected chi connectivity index (χ4v) is 4.02. The van der Waals surface area contributed by atoms with Crippen molar-refractivity contribution < 1.29 is 18.0 Å². The van der Waals surface area contributed by atoms with Crippen LogP contribution in [-0.2, 0) is 18.1 Å². The van der Waals surface area contributed by atoms with E-state index in [4.69, 9.17) is 5.73 Å². The number of carbonyl (C=O) groups excluding carboxylic acids is 1. The van der Waals surface area contributed by atoms with Crippen LogP contribution in [0.4, 0.5) is 13.2 Å². The summed E-state index contributed by atoms with van der Waals surface area (Å²) in [4.78, 5) is 17.0. The maximum atomic E-state index is 12.6. The van der Waals surface area contributed by atoms with Gasteiger partial charge in [-0.2, -0.15) is 13.2 Å². The average Bonchev–Trinajstić information content (AvgIpc) is 2.61. The van der Waals surface area contributed by atoms with Crippen LogP contribution in [0.3, 0.4) is 0 Å². The molecule has 142 valence electrons. The fraction of sp³-hybridized carbons (Fsp3) is 0.300. The lowest BCUT2D eigenvalue weighted by atomic mass is 9.88. The van der Waals surface area contributed by atoms with E-state index in [-0.39, 0.29) is 17.8 Å². The van der Waals surface area contributed by atoms with Crippen molar-refractivity contribution in [2.45, 2.75) is 31.5 Å². The lowest BCUT2D eigenvalue weighted by molar-refractivity contribution is -0.137. The Labute approximate surface area is 159 Å². The summed E-state index contributed by atoms with van der Waals surface area (Å²) in [5.74, 6) is 0.647. The molecule has 3 nitrogen and oxygen atoms in total. The lowest BCUT2D eigenvalue weighted by Gasteiger charge is -2.30. The third-order valence-electron chi connectivity index (χ3n) is 4.64. The molecular formula is C20H19F3N2OS. The molecule has 2 N–H and O–H groups in total. The first-order valence-corrected chi connectivity index (χ1v) is 9.44. The molecule has 2 aromatic rings. The third kappa shape index (κ3) is 4.53. The zero-order chi connectivity index (χ0) is 19.7. The number of halogens is 3. The van der Waals surface area contributed by atoms with Gasteiger partial charge in [-0.25, -0.2) is 0 Å². The molecule has 2 aromatic carbocycles. The number of nitrogens with zero attached hydrogens (tertiary/aromatic N) is 1. The molecule has 0 amide bonds. The Morgan fingerprint density at radius 3 is 2.56 bits per heavy atom. The Balaban J connectivity index is 1.78. The molecular weight excluding hydrogens is 373 g/mol. The maximum absolute atomic E-state index is 12.6. The van der Waals surface area contributed by atoms with Gasteiger partial charge in [-0.3, -0.25) is 9.79 Å². The summed E-state index contributed by atoms with van der Waals surface area (Å²) in [5, 5.41) is 0.551. The van der Waals surface area contributed by atoms with Crippen LogP contribution in [-0.4, -0.2) is 16.7 Å². The summed E-state index contributed by atoms with van der Waals surface area (Å²) in [6.45, 7) is 2.01. The van der Waals surface area contributed by atoms with Crippen LogP contribution in [0.2, 0.25) is 0 Å². The van der Waals surface area contributed by atoms with Gasteiger partial charge in [-0.15, -0.1) is 0 Å². The SMILES string of the molecule is CC1(c2cccc(CC(=O)c3ccc(C(F)(F)F)cc3)c2)CCSC(N)=N1. The average molecular weight is 392 g/mol. The van der Waals surface area contributed by atoms with Crippen molar-refractivity contribution >= 4 is 22.7 Å². The number of nitrogens with two attached hydrogens (primary N) is 1. The number of ketones is 1. The number of alkyl halides is 3. The standard InChI is InChI=1S/C20H19F3N2OS/c1-19(9-10-27-18(24)25-19)16-4-2-3-13(11-16)12-17(26)14-5-7-15(8-6-14)20(21,22)23/h2-8,11H,9-10,12H2,1H3,(H2,24,25). The Hall–Kier alpha value is -2.28. The molecule has 0 fully saturated rings. The molecule has 1 aliphatic rings. The van der Waals surface area contributed by atoms with Gasteiger partial charge in [0.1, 0.15) is 0 Å². The summed E-state index contributed by atoms with van der Waals surface area (Å²) >= 11 is 1.52. The highest BCUT2D eigenvalue weighted by Crippen LogP contribution is 2.35. The van der Waals surface area contributed by atoms with Gasteiger partial charge < -0.3 is 5.73 Å². The van der Waals surface area contributed by atoms with Gasteiger partial charge in [-0.05, 0) is 36.6 Å². The first-order chi connectivity index (χ1) is 12.7. The predicted octanol–water partition coefficient (Wildman–Crippen LogP) is 4.80. The number of thioether (sulfide) groups is 1. The molecule has 1 aliphatic heterocycles. The molecule has 1 atom stereocenters. The van der Waals surface area contributed by atoms with E-state index in [9.17, 15) is 18.0 Å². The molecule has 0 saturated carbocycles. The smallest absolute Gasteiger partial charge is 0.379 e. The number of aliphatic imine (C=N–C) groups is 1. The molecule has 27 heavy (non-hydrogen) atoms. The van der Waals surface area contributed by atoms with E-state index >= 15 is 0 Å². The molecule has 0 spiro atoms. The highest BCUT2D eigenvalue weighted by Gasteiger charge is 2.31. The Morgan fingerprint density at radius 2 is 1.93 bits per heavy atom. The first-order valence-electron chi connectivity index (χ1n) is 8.45. The van der Waals surface area contributed by atoms with Crippen molar-refractivity contribution in [1.29, 1.82) is 0 Å². The van der Waals surface area contributed by atoms with E-state index in [1.165, 1.54) is 23.9 Å². The van der Waals surface area contributed by atoms with Crippen LogP contribution >= 0.6 is 11.8 Å². The zero-order valence-corrected chi connectivity index (χ0v) is 15.5. The van der Waals surface area contributed by atoms with Crippen LogP contribution in [0.25, 0.3) is 0 Å². The van der Waals surface area contributed by atoms with E-state index in [1.54, 1.807) is 0 Å². The number of benzene rings is 2. The van der Waals surface area contributed by atoms with Gasteiger partial charge in [-0.1, -0.05) is 48.2 Å². The molecule has 0 saturated heterocycles. The second-order valence-corrected chi connectivity index (χ2v) is 7.81. The Kier molecular flexibility index (Phi) is 5.33. The quantitative estimate of drug-likeness (QED) is 0.761. The molecule has 0 aromatic heterocycles. The minimum absolute atomic E-state index is 0.114. The van der Waals surface area contributed by atoms with Gasteiger partial charge in [0.25, 0.3) is 0 Å². The molecule has 1 heterocycles. The monoisotopic (exact) mass is 392 g/mol. The fourth-order valence-electron chi connectivity index (χ4n) is 3.04. The summed E-state index contributed by atoms with van der Waals surface area (Å²) in [6, 6.07) is 11.9. The summed E-state index contributed by atoms with van der Waals surface area (Å²) in [5.41, 5.74) is 6.70. The topological polar surface area (TPSA) is 55.5 Å². The van der Waals surface area contributed by atoms with Crippen LogP contribution in [0, 0.1) is 0 Å². The van der Waals surface area contributed by atoms with Crippen LogP contribution in [0.5, 0.6) is 0 Å². The third-order valence-corrected chi connectivity index (χ3v) is 5.44. The van der Waals surface area contributed by atoms with Crippen molar-refractivity contribution in [1.82, 2.24) is 0 Å². The first kappa shape index (κ1) is 19.5. The predicted molar refractivity (Wildman–Crippen MR) is 102 cm³/mol. The van der Waals surface area contributed by atoms with E-state index in [2.05, 4.69) is 4.99 Å². The van der Waals surface area contributed by atoms with Crippen molar-refractivity contribution in [2.75, 3.05) is 5.75 Å². The van der Waals surface area contributed by atoms with Crippen LogP contribution < -0.4 is 5.73 Å². The van der Waals surface area contributed by atoms with E-state index < -0.39 is 17.3 Å². The summed E-state index contributed by atoms with van der Waals surface area (Å²) in [7, 11) is 0. The minimum Gasteiger partial charge on any atom is -0.379 e. The van der Waals surface area contributed by atoms with Crippen molar-refractivity contribution in [3.63, 3.8) is 0 Å². The van der Waals surface area contributed by atoms with Gasteiger partial charge >= 0.3 is 6.18 Å². The minimum atomic E-state index is -4.41. The second-order valence-electron chi connectivity index (χ2n) is 6.70. The molecule has 7 heteroatoms. The van der Waals surface area contributed by atoms with E-state index in [0.717, 1.165) is 35.4 Å². The molecule has 1 unspecified atom stereocenters. The number of amidine groups is 1. The highest BCUT2D eigenvalue weighted by atomic mass is 32.2. The van der Waals surface area contributed by atoms with Crippen LogP contribution in [0.15, 0.2) is 53.5 Å². The van der Waals surface area contributed by atoms with Gasteiger partial charge in [0.15, 0.2) is 11.0 Å². The Bertz CT molecular complexity index is 878. The van der Waals surface area contributed by atoms with E-state index in [0.29, 0.717) is 5.17 Å². The molecule has 0 radical (unpaired) electrons. The number of carbonyl (C=O) groups is 1. The van der Waals surface area contributed by atoms with E-state index in [1.807, 2.05) is 31.2 Å². The number of hydrogen-bond donors (Lipinski definition) is 1. The number of hydrogen-bond acceptors (Lipinski definition) is 4. The maximum Gasteiger partial charge on any atom is 0.416 e. The molecule has 0 bridgehead atoms. The molecule has 0 aliphatic carbocycles. The van der Waals surface area contributed by atoms with Crippen molar-refractivity contribution in [3.05, 3.63) is 70.8 Å². The van der Waals surface area contributed by atoms with Gasteiger partial charge in [0.05, 0.1) is 11.1 Å². The zero-order valence-electron chi connectivity index (χ0n) is 14.7. The highest BCUT2D eigenvalue weighted by molar-refractivity contribution is 8.13. The largest absolute Gasteiger partial charge is 0.416 e. The van der Waals surface area contributed by atoms with Crippen molar-refractivity contribution in [2.24, 2.45) is 10.7 Å². The summed E-state index contributed by atoms with van der Waals surface area (Å²) < 4.78 is 37.9. The van der Waals surface area contributed by atoms with Gasteiger partial charge in [0.2, 0.25) is 0 Å². The normalized spacial score (nSPS) is 20.2. The second kappa shape index (κ2) is 7.38. The number of rotatable bonds is 4. The van der Waals surface area contributed by atoms with Crippen molar-refractivity contribution in [3.8, 4) is 0 Å². The Morgan fingerprint density at radius 1 is 1.22 bits per heavy atom. The summed E-state index contributed by atoms with van der Waals surface area (Å²) in [6.07, 6.45) is -3.45. The van der Waals surface area contributed by atoms with Crippen LogP contribution in [0.1, 0.15) is 40.4 Å². The lowest BCUT2D eigenvalue weighted by Crippen LogP contribution is -2.28. The van der Waals surface area contributed by atoms with Gasteiger partial charge in [0, 0.05) is 17.7 Å².